The third kappa shape index (κ3) is 1.62. The minimum Gasteiger partial charge on any atom is -0.379 e. The van der Waals surface area contributed by atoms with E-state index in [-0.39, 0.29) is 0 Å². The summed E-state index contributed by atoms with van der Waals surface area (Å²) in [6, 6.07) is 0.588. The molecule has 2 fully saturated rings. The van der Waals surface area contributed by atoms with Gasteiger partial charge in [-0.2, -0.15) is 5.10 Å². The number of nitrogens with one attached hydrogen (secondary N) is 1. The summed E-state index contributed by atoms with van der Waals surface area (Å²) in [5.74, 6) is 0. The van der Waals surface area contributed by atoms with Crippen LogP contribution in [0, 0.1) is 5.41 Å². The second kappa shape index (κ2) is 3.12. The molecule has 0 radical (unpaired) electrons. The van der Waals surface area contributed by atoms with Crippen molar-refractivity contribution >= 4 is 17.5 Å². The Bertz CT molecular complexity index is 377. The average molecular weight is 227 g/mol. The molecule has 82 valence electrons. The van der Waals surface area contributed by atoms with Gasteiger partial charge in [0.1, 0.15) is 0 Å². The highest BCUT2D eigenvalue weighted by molar-refractivity contribution is 6.13. The van der Waals surface area contributed by atoms with Gasteiger partial charge in [0.15, 0.2) is 0 Å². The molecule has 2 unspecified atom stereocenters. The SMILES string of the molecule is Cn1cc(NC2CC23CCN(Cl)C3)cn1. The first-order valence-electron chi connectivity index (χ1n) is 5.34. The van der Waals surface area contributed by atoms with E-state index in [4.69, 9.17) is 11.8 Å². The summed E-state index contributed by atoms with van der Waals surface area (Å²) in [6.45, 7) is 2.04. The molecule has 0 amide bonds. The van der Waals surface area contributed by atoms with Crippen molar-refractivity contribution < 1.29 is 0 Å². The second-order valence-corrected chi connectivity index (χ2v) is 5.24. The van der Waals surface area contributed by atoms with E-state index in [0.717, 1.165) is 18.8 Å². The molecule has 1 aliphatic heterocycles. The van der Waals surface area contributed by atoms with Gasteiger partial charge in [-0.15, -0.1) is 0 Å². The molecule has 4 nitrogen and oxygen atoms in total. The highest BCUT2D eigenvalue weighted by Gasteiger charge is 2.57. The number of halogens is 1. The van der Waals surface area contributed by atoms with Gasteiger partial charge >= 0.3 is 0 Å². The zero-order valence-electron chi connectivity index (χ0n) is 8.78. The van der Waals surface area contributed by atoms with Crippen LogP contribution in [0.15, 0.2) is 12.4 Å². The highest BCUT2D eigenvalue weighted by Crippen LogP contribution is 2.54. The van der Waals surface area contributed by atoms with Crippen molar-refractivity contribution in [2.75, 3.05) is 18.4 Å². The van der Waals surface area contributed by atoms with Gasteiger partial charge in [-0.3, -0.25) is 4.68 Å². The first-order chi connectivity index (χ1) is 7.18. The number of aryl methyl sites for hydroxylation is 1. The van der Waals surface area contributed by atoms with Crippen LogP contribution in [-0.4, -0.2) is 33.3 Å². The number of hydrogen-bond acceptors (Lipinski definition) is 3. The molecule has 2 heterocycles. The highest BCUT2D eigenvalue weighted by atomic mass is 35.5. The predicted molar refractivity (Wildman–Crippen MR) is 59.7 cm³/mol. The number of anilines is 1. The third-order valence-corrected chi connectivity index (χ3v) is 3.86. The minimum atomic E-state index is 0.442. The van der Waals surface area contributed by atoms with Crippen molar-refractivity contribution in [3.8, 4) is 0 Å². The van der Waals surface area contributed by atoms with Gasteiger partial charge in [0.25, 0.3) is 0 Å². The Kier molecular flexibility index (Phi) is 1.97. The predicted octanol–water partition coefficient (Wildman–Crippen LogP) is 1.45. The van der Waals surface area contributed by atoms with Crippen LogP contribution < -0.4 is 5.32 Å². The lowest BCUT2D eigenvalue weighted by Gasteiger charge is -2.09. The van der Waals surface area contributed by atoms with E-state index in [9.17, 15) is 0 Å². The summed E-state index contributed by atoms with van der Waals surface area (Å²) in [5.41, 5.74) is 1.56. The van der Waals surface area contributed by atoms with Crippen molar-refractivity contribution in [3.63, 3.8) is 0 Å². The van der Waals surface area contributed by atoms with Gasteiger partial charge in [0.2, 0.25) is 0 Å². The standard InChI is InChI=1S/C10H15ClN4/c1-14-6-8(5-12-14)13-9-4-10(9)2-3-15(11)7-10/h5-6,9,13H,2-4,7H2,1H3. The maximum atomic E-state index is 6.00. The van der Waals surface area contributed by atoms with E-state index in [1.165, 1.54) is 12.8 Å². The molecule has 1 aliphatic carbocycles. The Labute approximate surface area is 94.3 Å². The van der Waals surface area contributed by atoms with Gasteiger partial charge in [-0.05, 0) is 24.6 Å². The van der Waals surface area contributed by atoms with Gasteiger partial charge < -0.3 is 5.32 Å². The fourth-order valence-electron chi connectivity index (χ4n) is 2.54. The summed E-state index contributed by atoms with van der Waals surface area (Å²) in [4.78, 5) is 0. The molecular weight excluding hydrogens is 212 g/mol. The smallest absolute Gasteiger partial charge is 0.0728 e. The van der Waals surface area contributed by atoms with Crippen molar-refractivity contribution in [1.29, 1.82) is 0 Å². The molecule has 3 rings (SSSR count). The quantitative estimate of drug-likeness (QED) is 0.775. The van der Waals surface area contributed by atoms with Crippen LogP contribution in [0.2, 0.25) is 0 Å². The zero-order chi connectivity index (χ0) is 10.5. The topological polar surface area (TPSA) is 33.1 Å². The second-order valence-electron chi connectivity index (χ2n) is 4.76. The zero-order valence-corrected chi connectivity index (χ0v) is 9.54. The van der Waals surface area contributed by atoms with E-state index in [1.54, 1.807) is 0 Å². The molecule has 0 aromatic carbocycles. The van der Waals surface area contributed by atoms with E-state index in [0.29, 0.717) is 11.5 Å². The Morgan fingerprint density at radius 3 is 3.13 bits per heavy atom. The summed E-state index contributed by atoms with van der Waals surface area (Å²) < 4.78 is 3.73. The van der Waals surface area contributed by atoms with Crippen molar-refractivity contribution in [3.05, 3.63) is 12.4 Å². The van der Waals surface area contributed by atoms with E-state index >= 15 is 0 Å². The number of nitrogens with zero attached hydrogens (tertiary/aromatic N) is 3. The summed E-state index contributed by atoms with van der Waals surface area (Å²) in [7, 11) is 1.93. The normalized spacial score (nSPS) is 34.9. The van der Waals surface area contributed by atoms with Gasteiger partial charge in [-0.25, -0.2) is 4.42 Å². The molecule has 1 N–H and O–H groups in total. The van der Waals surface area contributed by atoms with Gasteiger partial charge in [0.05, 0.1) is 11.9 Å². The lowest BCUT2D eigenvalue weighted by molar-refractivity contribution is 0.492. The molecule has 1 aromatic rings. The molecule has 2 aliphatic rings. The maximum absolute atomic E-state index is 6.00. The molecule has 1 saturated carbocycles. The fraction of sp³-hybridized carbons (Fsp3) is 0.700. The first-order valence-corrected chi connectivity index (χ1v) is 5.68. The number of hydrogen-bond donors (Lipinski definition) is 1. The van der Waals surface area contributed by atoms with Crippen molar-refractivity contribution in [1.82, 2.24) is 14.2 Å². The fourth-order valence-corrected chi connectivity index (χ4v) is 2.87. The summed E-state index contributed by atoms with van der Waals surface area (Å²) in [6.07, 6.45) is 6.35. The van der Waals surface area contributed by atoms with Crippen molar-refractivity contribution in [2.24, 2.45) is 12.5 Å². The number of aromatic nitrogens is 2. The lowest BCUT2D eigenvalue weighted by Crippen LogP contribution is -2.16. The minimum absolute atomic E-state index is 0.442. The van der Waals surface area contributed by atoms with Gasteiger partial charge in [-0.1, -0.05) is 0 Å². The molecule has 0 bridgehead atoms. The van der Waals surface area contributed by atoms with Crippen LogP contribution in [0.3, 0.4) is 0 Å². The van der Waals surface area contributed by atoms with E-state index in [1.807, 2.05) is 28.5 Å². The molecule has 5 heteroatoms. The Balaban J connectivity index is 1.63. The first kappa shape index (κ1) is 9.48. The van der Waals surface area contributed by atoms with Crippen LogP contribution in [0.4, 0.5) is 5.69 Å². The van der Waals surface area contributed by atoms with Gasteiger partial charge in [0, 0.05) is 37.8 Å². The maximum Gasteiger partial charge on any atom is 0.0728 e. The Hall–Kier alpha value is -0.740. The molecule has 1 saturated heterocycles. The average Bonchev–Trinajstić information content (AvgIpc) is 2.55. The molecule has 15 heavy (non-hydrogen) atoms. The van der Waals surface area contributed by atoms with Crippen LogP contribution in [0.1, 0.15) is 12.8 Å². The summed E-state index contributed by atoms with van der Waals surface area (Å²) in [5, 5.41) is 7.67. The van der Waals surface area contributed by atoms with E-state index < -0.39 is 0 Å². The molecule has 1 spiro atoms. The lowest BCUT2D eigenvalue weighted by atomic mass is 10.1. The molecule has 1 aromatic heterocycles. The van der Waals surface area contributed by atoms with Crippen LogP contribution in [0.5, 0.6) is 0 Å². The Morgan fingerprint density at radius 2 is 2.53 bits per heavy atom. The number of rotatable bonds is 2. The summed E-state index contributed by atoms with van der Waals surface area (Å²) >= 11 is 6.00. The molecular formula is C10H15ClN4. The third-order valence-electron chi connectivity index (χ3n) is 3.57. The van der Waals surface area contributed by atoms with Crippen LogP contribution in [0.25, 0.3) is 0 Å². The Morgan fingerprint density at radius 1 is 1.67 bits per heavy atom. The van der Waals surface area contributed by atoms with Crippen LogP contribution >= 0.6 is 11.8 Å². The van der Waals surface area contributed by atoms with Crippen LogP contribution in [-0.2, 0) is 7.05 Å². The largest absolute Gasteiger partial charge is 0.379 e. The van der Waals surface area contributed by atoms with E-state index in [2.05, 4.69) is 10.4 Å². The molecule has 2 atom stereocenters. The monoisotopic (exact) mass is 226 g/mol. The van der Waals surface area contributed by atoms with Crippen molar-refractivity contribution in [2.45, 2.75) is 18.9 Å².